The number of nitrogens with one attached hydrogen (secondary N) is 2. The van der Waals surface area contributed by atoms with Crippen molar-refractivity contribution in [2.24, 2.45) is 4.99 Å². The van der Waals surface area contributed by atoms with Crippen LogP contribution in [0.1, 0.15) is 43.4 Å². The van der Waals surface area contributed by atoms with E-state index in [0.29, 0.717) is 0 Å². The van der Waals surface area contributed by atoms with Gasteiger partial charge in [0.05, 0.1) is 6.54 Å². The van der Waals surface area contributed by atoms with Gasteiger partial charge in [-0.1, -0.05) is 36.7 Å². The Morgan fingerprint density at radius 3 is 2.81 bits per heavy atom. The number of hydrogen-bond acceptors (Lipinski definition) is 4. The highest BCUT2D eigenvalue weighted by atomic mass is 127. The van der Waals surface area contributed by atoms with Crippen LogP contribution in [-0.4, -0.2) is 53.6 Å². The quantitative estimate of drug-likeness (QED) is 0.335. The molecule has 0 bridgehead atoms. The smallest absolute Gasteiger partial charge is 0.191 e. The summed E-state index contributed by atoms with van der Waals surface area (Å²) in [7, 11) is 1.82. The van der Waals surface area contributed by atoms with E-state index in [0.717, 1.165) is 81.0 Å². The van der Waals surface area contributed by atoms with Crippen LogP contribution >= 0.6 is 35.6 Å². The fourth-order valence-corrected chi connectivity index (χ4v) is 4.80. The van der Waals surface area contributed by atoms with Gasteiger partial charge in [-0.15, -0.1) is 24.0 Å². The Bertz CT molecular complexity index is 896. The van der Waals surface area contributed by atoms with Crippen LogP contribution in [0.4, 0.5) is 0 Å². The van der Waals surface area contributed by atoms with Crippen molar-refractivity contribution in [1.29, 1.82) is 0 Å². The number of rotatable bonds is 5. The molecule has 2 N–H and O–H groups in total. The van der Waals surface area contributed by atoms with Gasteiger partial charge in [0.1, 0.15) is 5.82 Å². The van der Waals surface area contributed by atoms with Crippen molar-refractivity contribution in [2.45, 2.75) is 57.0 Å². The highest BCUT2D eigenvalue weighted by Gasteiger charge is 2.36. The summed E-state index contributed by atoms with van der Waals surface area (Å²) in [5.41, 5.74) is 1.13. The number of aryl methyl sites for hydroxylation is 2. The normalized spacial score (nSPS) is 20.5. The topological polar surface area (TPSA) is 76.4 Å². The summed E-state index contributed by atoms with van der Waals surface area (Å²) in [4.78, 5) is 9.08. The van der Waals surface area contributed by atoms with Crippen molar-refractivity contribution in [1.82, 2.24) is 25.4 Å². The Morgan fingerprint density at radius 1 is 1.32 bits per heavy atom. The Labute approximate surface area is 206 Å². The van der Waals surface area contributed by atoms with Gasteiger partial charge in [-0.3, -0.25) is 4.99 Å². The van der Waals surface area contributed by atoms with Crippen LogP contribution in [0.2, 0.25) is 5.02 Å². The van der Waals surface area contributed by atoms with Crippen molar-refractivity contribution in [3.05, 3.63) is 46.5 Å². The van der Waals surface area contributed by atoms with E-state index in [1.165, 1.54) is 5.56 Å². The molecule has 2 aliphatic rings. The zero-order chi connectivity index (χ0) is 21.0. The van der Waals surface area contributed by atoms with Gasteiger partial charge in [0.25, 0.3) is 0 Å². The maximum Gasteiger partial charge on any atom is 0.191 e. The molecule has 0 saturated carbocycles. The molecule has 0 amide bonds. The minimum Gasteiger partial charge on any atom is -0.381 e. The SMILES string of the molecule is CCc1nc2n(n1)CC(NC(=NC)NCC1(c3ccccc3Cl)CCOCC1)CC2.I. The van der Waals surface area contributed by atoms with Gasteiger partial charge in [-0.05, 0) is 30.9 Å². The molecule has 170 valence electrons. The van der Waals surface area contributed by atoms with Crippen molar-refractivity contribution < 1.29 is 4.74 Å². The molecule has 1 unspecified atom stereocenters. The zero-order valence-electron chi connectivity index (χ0n) is 18.2. The monoisotopic (exact) mass is 558 g/mol. The van der Waals surface area contributed by atoms with Gasteiger partial charge in [0.15, 0.2) is 11.8 Å². The zero-order valence-corrected chi connectivity index (χ0v) is 21.3. The Balaban J connectivity index is 0.00000272. The molecule has 0 aliphatic carbocycles. The summed E-state index contributed by atoms with van der Waals surface area (Å²) in [6, 6.07) is 8.45. The Morgan fingerprint density at radius 2 is 2.10 bits per heavy atom. The van der Waals surface area contributed by atoms with Crippen LogP contribution in [-0.2, 0) is 29.5 Å². The van der Waals surface area contributed by atoms with Crippen molar-refractivity contribution in [2.75, 3.05) is 26.8 Å². The standard InChI is InChI=1S/C22H31ClN6O.HI/c1-3-19-27-20-9-8-16(14-29(20)28-19)26-21(24-2)25-15-22(10-12-30-13-11-22)17-6-4-5-7-18(17)23;/h4-7,16H,3,8-15H2,1-2H3,(H2,24,25,26);1H. The van der Waals surface area contributed by atoms with Crippen molar-refractivity contribution in [3.63, 3.8) is 0 Å². The van der Waals surface area contributed by atoms with Gasteiger partial charge in [0.2, 0.25) is 0 Å². The lowest BCUT2D eigenvalue weighted by molar-refractivity contribution is 0.0514. The Kier molecular flexibility index (Phi) is 8.58. The lowest BCUT2D eigenvalue weighted by Crippen LogP contribution is -2.51. The van der Waals surface area contributed by atoms with Crippen molar-refractivity contribution in [3.8, 4) is 0 Å². The molecule has 2 aromatic rings. The molecule has 4 rings (SSSR count). The van der Waals surface area contributed by atoms with Crippen LogP contribution in [0.5, 0.6) is 0 Å². The lowest BCUT2D eigenvalue weighted by atomic mass is 9.74. The fraction of sp³-hybridized carbons (Fsp3) is 0.591. The molecule has 0 spiro atoms. The number of benzene rings is 1. The van der Waals surface area contributed by atoms with Crippen LogP contribution in [0.25, 0.3) is 0 Å². The summed E-state index contributed by atoms with van der Waals surface area (Å²) >= 11 is 6.58. The minimum atomic E-state index is -0.0596. The second kappa shape index (κ2) is 11.0. The second-order valence-electron chi connectivity index (χ2n) is 8.16. The molecular weight excluding hydrogens is 527 g/mol. The van der Waals surface area contributed by atoms with Crippen LogP contribution < -0.4 is 10.6 Å². The number of nitrogens with zero attached hydrogens (tertiary/aromatic N) is 4. The summed E-state index contributed by atoms with van der Waals surface area (Å²) in [5.74, 6) is 2.83. The summed E-state index contributed by atoms with van der Waals surface area (Å²) < 4.78 is 7.69. The van der Waals surface area contributed by atoms with E-state index < -0.39 is 0 Å². The molecule has 7 nitrogen and oxygen atoms in total. The number of fused-ring (bicyclic) bond motifs is 1. The molecule has 1 atom stereocenters. The van der Waals surface area contributed by atoms with E-state index in [2.05, 4.69) is 44.8 Å². The number of aromatic nitrogens is 3. The molecule has 1 saturated heterocycles. The predicted octanol–water partition coefficient (Wildman–Crippen LogP) is 3.34. The van der Waals surface area contributed by atoms with Gasteiger partial charge < -0.3 is 15.4 Å². The average Bonchev–Trinajstić information content (AvgIpc) is 3.20. The van der Waals surface area contributed by atoms with E-state index in [1.807, 2.05) is 23.9 Å². The van der Waals surface area contributed by atoms with Crippen LogP contribution in [0.3, 0.4) is 0 Å². The summed E-state index contributed by atoms with van der Waals surface area (Å²) in [6.07, 6.45) is 4.70. The highest BCUT2D eigenvalue weighted by molar-refractivity contribution is 14.0. The van der Waals surface area contributed by atoms with Gasteiger partial charge in [-0.25, -0.2) is 9.67 Å². The molecule has 0 radical (unpaired) electrons. The predicted molar refractivity (Wildman–Crippen MR) is 135 cm³/mol. The molecule has 2 aliphatic heterocycles. The molecule has 1 aromatic carbocycles. The Hall–Kier alpha value is -1.39. The van der Waals surface area contributed by atoms with E-state index >= 15 is 0 Å². The third kappa shape index (κ3) is 5.51. The molecule has 9 heteroatoms. The van der Waals surface area contributed by atoms with Gasteiger partial charge in [-0.2, -0.15) is 5.10 Å². The number of ether oxygens (including phenoxy) is 1. The molecule has 3 heterocycles. The number of halogens is 2. The largest absolute Gasteiger partial charge is 0.381 e. The van der Waals surface area contributed by atoms with Crippen molar-refractivity contribution >= 4 is 41.5 Å². The summed E-state index contributed by atoms with van der Waals surface area (Å²) in [5, 5.41) is 12.6. The fourth-order valence-electron chi connectivity index (χ4n) is 4.46. The first-order valence-electron chi connectivity index (χ1n) is 10.9. The highest BCUT2D eigenvalue weighted by Crippen LogP contribution is 2.38. The second-order valence-corrected chi connectivity index (χ2v) is 8.57. The number of hydrogen-bond donors (Lipinski definition) is 2. The first-order chi connectivity index (χ1) is 14.6. The number of guanidine groups is 1. The van der Waals surface area contributed by atoms with E-state index in [-0.39, 0.29) is 35.4 Å². The lowest BCUT2D eigenvalue weighted by Gasteiger charge is -2.39. The third-order valence-corrected chi connectivity index (χ3v) is 6.60. The van der Waals surface area contributed by atoms with E-state index in [9.17, 15) is 0 Å². The molecule has 31 heavy (non-hydrogen) atoms. The van der Waals surface area contributed by atoms with Crippen LogP contribution in [0.15, 0.2) is 29.3 Å². The summed E-state index contributed by atoms with van der Waals surface area (Å²) in [6.45, 7) is 5.16. The molecule has 1 aromatic heterocycles. The van der Waals surface area contributed by atoms with E-state index in [4.69, 9.17) is 16.3 Å². The van der Waals surface area contributed by atoms with Crippen LogP contribution in [0, 0.1) is 0 Å². The maximum atomic E-state index is 6.58. The van der Waals surface area contributed by atoms with Gasteiger partial charge in [0, 0.05) is 56.1 Å². The average molecular weight is 559 g/mol. The first kappa shape index (κ1) is 24.3. The third-order valence-electron chi connectivity index (χ3n) is 6.27. The molecule has 1 fully saturated rings. The minimum absolute atomic E-state index is 0. The first-order valence-corrected chi connectivity index (χ1v) is 11.2. The maximum absolute atomic E-state index is 6.58. The van der Waals surface area contributed by atoms with E-state index in [1.54, 1.807) is 0 Å². The molecular formula is C22H32ClIN6O. The number of aliphatic imine (C=N–C) groups is 1. The van der Waals surface area contributed by atoms with Gasteiger partial charge >= 0.3 is 0 Å².